The molecule has 0 aliphatic carbocycles. The molecule has 0 aliphatic rings. The van der Waals surface area contributed by atoms with Crippen molar-refractivity contribution in [2.24, 2.45) is 4.99 Å². The lowest BCUT2D eigenvalue weighted by Gasteiger charge is -2.11. The first-order chi connectivity index (χ1) is 10.7. The van der Waals surface area contributed by atoms with Gasteiger partial charge in [0.2, 0.25) is 0 Å². The summed E-state index contributed by atoms with van der Waals surface area (Å²) < 4.78 is 13.3. The lowest BCUT2D eigenvalue weighted by Crippen LogP contribution is -2.38. The van der Waals surface area contributed by atoms with Gasteiger partial charge in [-0.05, 0) is 42.5 Å². The van der Waals surface area contributed by atoms with E-state index in [1.54, 1.807) is 17.4 Å². The highest BCUT2D eigenvalue weighted by Gasteiger charge is 2.02. The number of nitrogens with one attached hydrogen (secondary N) is 2. The van der Waals surface area contributed by atoms with Crippen LogP contribution in [0.2, 0.25) is 0 Å². The SMILES string of the molecule is CCNC(=NCc1ccc(O)c(F)c1)NCCc1cccs1. The van der Waals surface area contributed by atoms with E-state index in [1.807, 2.05) is 13.0 Å². The number of benzene rings is 1. The molecule has 1 heterocycles. The Bertz CT molecular complexity index is 614. The number of nitrogens with zero attached hydrogens (tertiary/aromatic N) is 1. The number of guanidine groups is 1. The van der Waals surface area contributed by atoms with E-state index in [2.05, 4.69) is 27.1 Å². The Hall–Kier alpha value is -2.08. The van der Waals surface area contributed by atoms with Crippen molar-refractivity contribution >= 4 is 17.3 Å². The van der Waals surface area contributed by atoms with Gasteiger partial charge >= 0.3 is 0 Å². The van der Waals surface area contributed by atoms with Crippen LogP contribution in [0.4, 0.5) is 4.39 Å². The minimum Gasteiger partial charge on any atom is -0.505 e. The van der Waals surface area contributed by atoms with Crippen LogP contribution in [0.1, 0.15) is 17.4 Å². The smallest absolute Gasteiger partial charge is 0.191 e. The quantitative estimate of drug-likeness (QED) is 0.566. The number of aliphatic imine (C=N–C) groups is 1. The molecule has 0 atom stereocenters. The van der Waals surface area contributed by atoms with E-state index in [9.17, 15) is 9.50 Å². The highest BCUT2D eigenvalue weighted by Crippen LogP contribution is 2.16. The second-order valence-electron chi connectivity index (χ2n) is 4.74. The van der Waals surface area contributed by atoms with Crippen molar-refractivity contribution in [3.8, 4) is 5.75 Å². The molecular weight excluding hydrogens is 301 g/mol. The number of rotatable bonds is 6. The van der Waals surface area contributed by atoms with Gasteiger partial charge < -0.3 is 15.7 Å². The van der Waals surface area contributed by atoms with Crippen molar-refractivity contribution in [3.05, 3.63) is 52.0 Å². The molecule has 0 unspecified atom stereocenters. The minimum atomic E-state index is -0.622. The van der Waals surface area contributed by atoms with E-state index in [-0.39, 0.29) is 5.75 Å². The van der Waals surface area contributed by atoms with E-state index in [0.29, 0.717) is 18.1 Å². The van der Waals surface area contributed by atoms with Crippen LogP contribution in [0.15, 0.2) is 40.7 Å². The molecule has 0 fully saturated rings. The summed E-state index contributed by atoms with van der Waals surface area (Å²) in [4.78, 5) is 5.75. The molecular formula is C16H20FN3OS. The molecule has 2 rings (SSSR count). The van der Waals surface area contributed by atoms with Gasteiger partial charge in [0.15, 0.2) is 17.5 Å². The molecule has 2 aromatic rings. The second kappa shape index (κ2) is 8.38. The number of halogens is 1. The summed E-state index contributed by atoms with van der Waals surface area (Å²) in [6.45, 7) is 3.90. The Balaban J connectivity index is 1.89. The lowest BCUT2D eigenvalue weighted by molar-refractivity contribution is 0.432. The highest BCUT2D eigenvalue weighted by molar-refractivity contribution is 7.09. The Morgan fingerprint density at radius 3 is 2.86 bits per heavy atom. The van der Waals surface area contributed by atoms with Gasteiger partial charge in [0.05, 0.1) is 6.54 Å². The van der Waals surface area contributed by atoms with E-state index < -0.39 is 5.82 Å². The highest BCUT2D eigenvalue weighted by atomic mass is 32.1. The fourth-order valence-corrected chi connectivity index (χ4v) is 2.63. The third-order valence-electron chi connectivity index (χ3n) is 3.02. The van der Waals surface area contributed by atoms with Crippen LogP contribution in [-0.2, 0) is 13.0 Å². The summed E-state index contributed by atoms with van der Waals surface area (Å²) in [6.07, 6.45) is 0.940. The van der Waals surface area contributed by atoms with Crippen LogP contribution >= 0.6 is 11.3 Å². The number of aromatic hydroxyl groups is 1. The summed E-state index contributed by atoms with van der Waals surface area (Å²) in [6, 6.07) is 8.46. The summed E-state index contributed by atoms with van der Waals surface area (Å²) >= 11 is 1.74. The molecule has 22 heavy (non-hydrogen) atoms. The monoisotopic (exact) mass is 321 g/mol. The maximum absolute atomic E-state index is 13.3. The Labute approximate surface area is 133 Å². The van der Waals surface area contributed by atoms with Gasteiger partial charge in [0.25, 0.3) is 0 Å². The van der Waals surface area contributed by atoms with Crippen LogP contribution in [0.3, 0.4) is 0 Å². The van der Waals surface area contributed by atoms with E-state index in [1.165, 1.54) is 17.0 Å². The molecule has 4 nitrogen and oxygen atoms in total. The van der Waals surface area contributed by atoms with Gasteiger partial charge in [0, 0.05) is 18.0 Å². The molecule has 0 spiro atoms. The zero-order chi connectivity index (χ0) is 15.8. The molecule has 0 amide bonds. The van der Waals surface area contributed by atoms with Gasteiger partial charge in [-0.2, -0.15) is 0 Å². The average Bonchev–Trinajstić information content (AvgIpc) is 3.01. The van der Waals surface area contributed by atoms with Crippen molar-refractivity contribution in [3.63, 3.8) is 0 Å². The molecule has 6 heteroatoms. The van der Waals surface area contributed by atoms with Crippen molar-refractivity contribution in [1.29, 1.82) is 0 Å². The zero-order valence-electron chi connectivity index (χ0n) is 12.5. The van der Waals surface area contributed by atoms with E-state index in [4.69, 9.17) is 0 Å². The molecule has 3 N–H and O–H groups in total. The maximum atomic E-state index is 13.3. The largest absolute Gasteiger partial charge is 0.505 e. The Kier molecular flexibility index (Phi) is 6.21. The molecule has 0 bridgehead atoms. The van der Waals surface area contributed by atoms with E-state index >= 15 is 0 Å². The molecule has 0 saturated carbocycles. The Morgan fingerprint density at radius 1 is 1.32 bits per heavy atom. The molecule has 1 aromatic heterocycles. The van der Waals surface area contributed by atoms with Crippen LogP contribution in [0.5, 0.6) is 5.75 Å². The van der Waals surface area contributed by atoms with Crippen molar-refractivity contribution < 1.29 is 9.50 Å². The zero-order valence-corrected chi connectivity index (χ0v) is 13.3. The van der Waals surface area contributed by atoms with Gasteiger partial charge in [-0.15, -0.1) is 11.3 Å². The first-order valence-electron chi connectivity index (χ1n) is 7.21. The first-order valence-corrected chi connectivity index (χ1v) is 8.09. The lowest BCUT2D eigenvalue weighted by atomic mass is 10.2. The molecule has 118 valence electrons. The van der Waals surface area contributed by atoms with Gasteiger partial charge in [-0.25, -0.2) is 9.38 Å². The summed E-state index contributed by atoms with van der Waals surface area (Å²) in [7, 11) is 0. The van der Waals surface area contributed by atoms with Gasteiger partial charge in [0.1, 0.15) is 0 Å². The molecule has 0 radical (unpaired) electrons. The first kappa shape index (κ1) is 16.3. The normalized spacial score (nSPS) is 11.5. The fourth-order valence-electron chi connectivity index (χ4n) is 1.92. The molecule has 0 saturated heterocycles. The minimum absolute atomic E-state index is 0.339. The summed E-state index contributed by atoms with van der Waals surface area (Å²) in [5.41, 5.74) is 0.714. The van der Waals surface area contributed by atoms with Crippen LogP contribution < -0.4 is 10.6 Å². The summed E-state index contributed by atoms with van der Waals surface area (Å²) in [5.74, 6) is -0.260. The Morgan fingerprint density at radius 2 is 2.18 bits per heavy atom. The fraction of sp³-hybridized carbons (Fsp3) is 0.312. The van der Waals surface area contributed by atoms with Crippen molar-refractivity contribution in [2.45, 2.75) is 19.9 Å². The number of hydrogen-bond acceptors (Lipinski definition) is 3. The van der Waals surface area contributed by atoms with Crippen molar-refractivity contribution in [1.82, 2.24) is 10.6 Å². The molecule has 1 aromatic carbocycles. The van der Waals surface area contributed by atoms with Gasteiger partial charge in [-0.3, -0.25) is 0 Å². The van der Waals surface area contributed by atoms with Crippen molar-refractivity contribution in [2.75, 3.05) is 13.1 Å². The number of thiophene rings is 1. The third kappa shape index (κ3) is 5.04. The van der Waals surface area contributed by atoms with Crippen LogP contribution in [0.25, 0.3) is 0 Å². The number of phenolic OH excluding ortho intramolecular Hbond substituents is 1. The summed E-state index contributed by atoms with van der Waals surface area (Å²) in [5, 5.41) is 17.7. The van der Waals surface area contributed by atoms with Gasteiger partial charge in [-0.1, -0.05) is 12.1 Å². The predicted octanol–water partition coefficient (Wildman–Crippen LogP) is 2.89. The topological polar surface area (TPSA) is 56.7 Å². The standard InChI is InChI=1S/C16H20FN3OS/c1-2-18-16(19-8-7-13-4-3-9-22-13)20-11-12-5-6-15(21)14(17)10-12/h3-6,9-10,21H,2,7-8,11H2,1H3,(H2,18,19,20). The molecule has 0 aliphatic heterocycles. The average molecular weight is 321 g/mol. The maximum Gasteiger partial charge on any atom is 0.191 e. The van der Waals surface area contributed by atoms with Crippen LogP contribution in [-0.4, -0.2) is 24.2 Å². The number of hydrogen-bond donors (Lipinski definition) is 3. The third-order valence-corrected chi connectivity index (χ3v) is 3.96. The van der Waals surface area contributed by atoms with E-state index in [0.717, 1.165) is 19.5 Å². The predicted molar refractivity (Wildman–Crippen MR) is 88.9 cm³/mol. The second-order valence-corrected chi connectivity index (χ2v) is 5.77. The van der Waals surface area contributed by atoms with Crippen LogP contribution in [0, 0.1) is 5.82 Å². The number of phenols is 1.